The van der Waals surface area contributed by atoms with Crippen LogP contribution >= 0.6 is 0 Å². The molecule has 5 nitrogen and oxygen atoms in total. The van der Waals surface area contributed by atoms with Crippen LogP contribution in [-0.2, 0) is 16.6 Å². The minimum Gasteiger partial charge on any atom is -0.352 e. The molecule has 0 saturated carbocycles. The second-order valence-corrected chi connectivity index (χ2v) is 8.65. The fraction of sp³-hybridized carbons (Fsp3) is 0.381. The Morgan fingerprint density at radius 2 is 1.67 bits per heavy atom. The molecule has 0 unspecified atom stereocenters. The van der Waals surface area contributed by atoms with E-state index in [-0.39, 0.29) is 16.8 Å². The Hall–Kier alpha value is -2.18. The van der Waals surface area contributed by atoms with Crippen molar-refractivity contribution < 1.29 is 13.2 Å². The third-order valence-electron chi connectivity index (χ3n) is 4.30. The molecule has 2 aromatic carbocycles. The summed E-state index contributed by atoms with van der Waals surface area (Å²) in [5.74, 6) is -0.183. The average molecular weight is 389 g/mol. The van der Waals surface area contributed by atoms with Gasteiger partial charge in [0.25, 0.3) is 5.91 Å². The highest BCUT2D eigenvalue weighted by molar-refractivity contribution is 7.89. The van der Waals surface area contributed by atoms with Gasteiger partial charge in [0.15, 0.2) is 0 Å². The lowest BCUT2D eigenvalue weighted by molar-refractivity contribution is 0.0953. The third kappa shape index (κ3) is 5.65. The molecule has 0 heterocycles. The molecular formula is C21H28N2O3S. The predicted octanol–water partition coefficient (Wildman–Crippen LogP) is 3.82. The molecule has 0 saturated heterocycles. The normalized spacial score (nSPS) is 11.7. The summed E-state index contributed by atoms with van der Waals surface area (Å²) >= 11 is 0. The lowest BCUT2D eigenvalue weighted by Crippen LogP contribution is -2.36. The molecule has 27 heavy (non-hydrogen) atoms. The summed E-state index contributed by atoms with van der Waals surface area (Å²) in [7, 11) is -3.66. The van der Waals surface area contributed by atoms with Crippen LogP contribution in [0.25, 0.3) is 0 Å². The largest absolute Gasteiger partial charge is 0.352 e. The van der Waals surface area contributed by atoms with Gasteiger partial charge < -0.3 is 5.32 Å². The van der Waals surface area contributed by atoms with Gasteiger partial charge in [0, 0.05) is 24.7 Å². The minimum atomic E-state index is -3.66. The van der Waals surface area contributed by atoms with Gasteiger partial charge in [-0.3, -0.25) is 4.79 Å². The molecule has 2 rings (SSSR count). The van der Waals surface area contributed by atoms with Gasteiger partial charge in [-0.05, 0) is 50.1 Å². The molecule has 0 aliphatic rings. The van der Waals surface area contributed by atoms with Crippen LogP contribution in [0.1, 0.15) is 49.5 Å². The number of carbonyl (C=O) groups excluding carboxylic acids is 1. The van der Waals surface area contributed by atoms with Crippen molar-refractivity contribution >= 4 is 15.9 Å². The number of nitrogens with one attached hydrogen (secondary N) is 1. The first-order chi connectivity index (χ1) is 12.9. The lowest BCUT2D eigenvalue weighted by Gasteiger charge is -2.26. The van der Waals surface area contributed by atoms with Crippen molar-refractivity contribution in [1.29, 1.82) is 0 Å². The summed E-state index contributed by atoms with van der Waals surface area (Å²) in [4.78, 5) is 12.3. The molecule has 6 heteroatoms. The van der Waals surface area contributed by atoms with E-state index in [0.29, 0.717) is 18.7 Å². The first-order valence-electron chi connectivity index (χ1n) is 9.30. The molecule has 0 aromatic heterocycles. The first kappa shape index (κ1) is 21.1. The van der Waals surface area contributed by atoms with Crippen LogP contribution in [0.5, 0.6) is 0 Å². The maximum absolute atomic E-state index is 13.1. The second-order valence-electron chi connectivity index (χ2n) is 6.76. The molecule has 0 aliphatic heterocycles. The van der Waals surface area contributed by atoms with Crippen molar-refractivity contribution in [2.45, 2.75) is 51.1 Å². The Bertz CT molecular complexity index is 831. The van der Waals surface area contributed by atoms with E-state index in [2.05, 4.69) is 12.2 Å². The van der Waals surface area contributed by atoms with Crippen LogP contribution in [0.3, 0.4) is 0 Å². The Kier molecular flexibility index (Phi) is 7.56. The van der Waals surface area contributed by atoms with Crippen LogP contribution in [0.2, 0.25) is 0 Å². The number of hydrogen-bond donors (Lipinski definition) is 1. The number of hydrogen-bond acceptors (Lipinski definition) is 3. The average Bonchev–Trinajstić information content (AvgIpc) is 2.66. The van der Waals surface area contributed by atoms with Gasteiger partial charge in [0.1, 0.15) is 0 Å². The standard InChI is InChI=1S/C21H28N2O3S/c1-4-5-15-22-21(24)19-11-13-20(14-12-19)27(25,26)23(17(2)3)16-18-9-7-6-8-10-18/h6-14,17H,4-5,15-16H2,1-3H3,(H,22,24). The fourth-order valence-electron chi connectivity index (χ4n) is 2.70. The second kappa shape index (κ2) is 9.67. The van der Waals surface area contributed by atoms with E-state index in [4.69, 9.17) is 0 Å². The quantitative estimate of drug-likeness (QED) is 0.664. The zero-order valence-corrected chi connectivity index (χ0v) is 17.0. The number of carbonyl (C=O) groups is 1. The van der Waals surface area contributed by atoms with Crippen LogP contribution in [0, 0.1) is 0 Å². The highest BCUT2D eigenvalue weighted by Gasteiger charge is 2.27. The van der Waals surface area contributed by atoms with Gasteiger partial charge in [-0.2, -0.15) is 4.31 Å². The van der Waals surface area contributed by atoms with Crippen molar-refractivity contribution in [3.05, 3.63) is 65.7 Å². The van der Waals surface area contributed by atoms with E-state index in [0.717, 1.165) is 18.4 Å². The Balaban J connectivity index is 2.19. The molecule has 146 valence electrons. The lowest BCUT2D eigenvalue weighted by atomic mass is 10.2. The zero-order valence-electron chi connectivity index (χ0n) is 16.2. The number of unbranched alkanes of at least 4 members (excludes halogenated alkanes) is 1. The van der Waals surface area contributed by atoms with Gasteiger partial charge in [-0.25, -0.2) is 8.42 Å². The highest BCUT2D eigenvalue weighted by Crippen LogP contribution is 2.21. The van der Waals surface area contributed by atoms with Crippen LogP contribution in [0.15, 0.2) is 59.5 Å². The maximum Gasteiger partial charge on any atom is 0.251 e. The van der Waals surface area contributed by atoms with Crippen LogP contribution in [-0.4, -0.2) is 31.2 Å². The molecule has 0 bridgehead atoms. The molecule has 0 aliphatic carbocycles. The van der Waals surface area contributed by atoms with Crippen molar-refractivity contribution in [1.82, 2.24) is 9.62 Å². The number of rotatable bonds is 9. The van der Waals surface area contributed by atoms with Gasteiger partial charge in [-0.15, -0.1) is 0 Å². The summed E-state index contributed by atoms with van der Waals surface area (Å²) < 4.78 is 27.7. The van der Waals surface area contributed by atoms with Gasteiger partial charge in [-0.1, -0.05) is 43.7 Å². The van der Waals surface area contributed by atoms with E-state index >= 15 is 0 Å². The van der Waals surface area contributed by atoms with Crippen molar-refractivity contribution in [3.8, 4) is 0 Å². The fourth-order valence-corrected chi connectivity index (χ4v) is 4.33. The summed E-state index contributed by atoms with van der Waals surface area (Å²) in [5.41, 5.74) is 1.39. The summed E-state index contributed by atoms with van der Waals surface area (Å²) in [6.07, 6.45) is 1.92. The molecule has 1 N–H and O–H groups in total. The highest BCUT2D eigenvalue weighted by atomic mass is 32.2. The SMILES string of the molecule is CCCCNC(=O)c1ccc(S(=O)(=O)N(Cc2ccccc2)C(C)C)cc1. The van der Waals surface area contributed by atoms with Crippen molar-refractivity contribution in [2.75, 3.05) is 6.54 Å². The molecule has 0 spiro atoms. The van der Waals surface area contributed by atoms with E-state index in [1.165, 1.54) is 16.4 Å². The topological polar surface area (TPSA) is 66.5 Å². The van der Waals surface area contributed by atoms with E-state index in [9.17, 15) is 13.2 Å². The summed E-state index contributed by atoms with van der Waals surface area (Å²) in [6.45, 7) is 6.70. The van der Waals surface area contributed by atoms with Crippen LogP contribution in [0.4, 0.5) is 0 Å². The first-order valence-corrected chi connectivity index (χ1v) is 10.7. The van der Waals surface area contributed by atoms with Crippen molar-refractivity contribution in [3.63, 3.8) is 0 Å². The van der Waals surface area contributed by atoms with Crippen molar-refractivity contribution in [2.24, 2.45) is 0 Å². The number of amides is 1. The smallest absolute Gasteiger partial charge is 0.251 e. The molecule has 0 radical (unpaired) electrons. The summed E-state index contributed by atoms with van der Waals surface area (Å²) in [6, 6.07) is 15.5. The van der Waals surface area contributed by atoms with Gasteiger partial charge >= 0.3 is 0 Å². The van der Waals surface area contributed by atoms with Gasteiger partial charge in [0.05, 0.1) is 4.90 Å². The monoisotopic (exact) mass is 388 g/mol. The predicted molar refractivity (Wildman–Crippen MR) is 108 cm³/mol. The summed E-state index contributed by atoms with van der Waals surface area (Å²) in [5, 5.41) is 2.83. The van der Waals surface area contributed by atoms with Crippen LogP contribution < -0.4 is 5.32 Å². The molecular weight excluding hydrogens is 360 g/mol. The van der Waals surface area contributed by atoms with Gasteiger partial charge in [0.2, 0.25) is 10.0 Å². The molecule has 0 fully saturated rings. The molecule has 2 aromatic rings. The molecule has 1 amide bonds. The third-order valence-corrected chi connectivity index (χ3v) is 6.33. The number of sulfonamides is 1. The zero-order chi connectivity index (χ0) is 19.9. The van der Waals surface area contributed by atoms with E-state index in [1.807, 2.05) is 44.2 Å². The maximum atomic E-state index is 13.1. The molecule has 0 atom stereocenters. The minimum absolute atomic E-state index is 0.183. The Morgan fingerprint density at radius 3 is 2.22 bits per heavy atom. The number of benzene rings is 2. The van der Waals surface area contributed by atoms with E-state index in [1.54, 1.807) is 12.1 Å². The number of nitrogens with zero attached hydrogens (tertiary/aromatic N) is 1. The van der Waals surface area contributed by atoms with E-state index < -0.39 is 10.0 Å². The Morgan fingerprint density at radius 1 is 1.04 bits per heavy atom. The Labute approximate surface area is 162 Å².